The molecule has 0 spiro atoms. The molecule has 0 aliphatic rings. The lowest BCUT2D eigenvalue weighted by Crippen LogP contribution is -2.15. The molecule has 1 N–H and O–H groups in total. The van der Waals surface area contributed by atoms with Crippen LogP contribution < -0.4 is 5.32 Å². The molecule has 0 bridgehead atoms. The molecule has 5 heteroatoms. The second-order valence-corrected chi connectivity index (χ2v) is 3.59. The van der Waals surface area contributed by atoms with E-state index in [-0.39, 0.29) is 0 Å². The fourth-order valence-electron chi connectivity index (χ4n) is 0.669. The number of carbonyl (C=O) groups is 1. The summed E-state index contributed by atoms with van der Waals surface area (Å²) in [6, 6.07) is 0. The van der Waals surface area contributed by atoms with Gasteiger partial charge in [0.15, 0.2) is 8.38 Å². The zero-order chi connectivity index (χ0) is 9.23. The molecular formula is C7H16NO3P. The van der Waals surface area contributed by atoms with Crippen molar-refractivity contribution in [1.82, 2.24) is 5.32 Å². The maximum atomic E-state index is 9.92. The molecule has 0 aliphatic heterocycles. The van der Waals surface area contributed by atoms with Crippen LogP contribution in [-0.4, -0.2) is 32.3 Å². The number of carbonyl (C=O) groups excluding carboxylic acids is 1. The summed E-state index contributed by atoms with van der Waals surface area (Å²) in [6.45, 7) is 5.80. The van der Waals surface area contributed by atoms with Crippen molar-refractivity contribution < 1.29 is 13.8 Å². The molecule has 0 saturated carbocycles. The lowest BCUT2D eigenvalue weighted by Gasteiger charge is -2.14. The first-order valence-corrected chi connectivity index (χ1v) is 5.41. The molecule has 12 heavy (non-hydrogen) atoms. The SMILES string of the molecule is CCOP(CCNC=O)OCC. The van der Waals surface area contributed by atoms with E-state index in [1.54, 1.807) is 0 Å². The minimum atomic E-state index is -0.794. The van der Waals surface area contributed by atoms with E-state index in [0.717, 1.165) is 6.16 Å². The van der Waals surface area contributed by atoms with E-state index >= 15 is 0 Å². The fourth-order valence-corrected chi connectivity index (χ4v) is 1.89. The summed E-state index contributed by atoms with van der Waals surface area (Å²) in [5.41, 5.74) is 0. The third-order valence-electron chi connectivity index (χ3n) is 1.07. The third-order valence-corrected chi connectivity index (χ3v) is 2.75. The Balaban J connectivity index is 3.40. The first-order valence-electron chi connectivity index (χ1n) is 4.05. The van der Waals surface area contributed by atoms with Crippen LogP contribution in [0.4, 0.5) is 0 Å². The van der Waals surface area contributed by atoms with Crippen LogP contribution >= 0.6 is 8.38 Å². The lowest BCUT2D eigenvalue weighted by atomic mass is 10.8. The van der Waals surface area contributed by atoms with Crippen LogP contribution in [0.2, 0.25) is 0 Å². The second-order valence-electron chi connectivity index (χ2n) is 1.96. The Kier molecular flexibility index (Phi) is 8.78. The molecular weight excluding hydrogens is 177 g/mol. The Hall–Kier alpha value is -0.180. The van der Waals surface area contributed by atoms with Gasteiger partial charge >= 0.3 is 0 Å². The normalized spacial score (nSPS) is 10.2. The molecule has 0 aliphatic carbocycles. The van der Waals surface area contributed by atoms with Gasteiger partial charge in [-0.2, -0.15) is 0 Å². The van der Waals surface area contributed by atoms with Gasteiger partial charge in [0.05, 0.1) is 13.2 Å². The van der Waals surface area contributed by atoms with Gasteiger partial charge in [-0.15, -0.1) is 0 Å². The summed E-state index contributed by atoms with van der Waals surface area (Å²) >= 11 is 0. The van der Waals surface area contributed by atoms with E-state index < -0.39 is 8.38 Å². The summed E-state index contributed by atoms with van der Waals surface area (Å²) in [5, 5.41) is 2.57. The van der Waals surface area contributed by atoms with Crippen LogP contribution in [0.1, 0.15) is 13.8 Å². The maximum Gasteiger partial charge on any atom is 0.207 e. The van der Waals surface area contributed by atoms with E-state index in [4.69, 9.17) is 9.05 Å². The molecule has 0 aromatic carbocycles. The minimum Gasteiger partial charge on any atom is -0.358 e. The third kappa shape index (κ3) is 6.53. The van der Waals surface area contributed by atoms with Gasteiger partial charge in [0, 0.05) is 12.7 Å². The van der Waals surface area contributed by atoms with E-state index in [2.05, 4.69) is 5.32 Å². The second kappa shape index (κ2) is 8.91. The Morgan fingerprint density at radius 3 is 2.33 bits per heavy atom. The number of rotatable bonds is 8. The average molecular weight is 193 g/mol. The molecule has 0 aromatic rings. The number of amides is 1. The van der Waals surface area contributed by atoms with Gasteiger partial charge in [0.25, 0.3) is 0 Å². The number of hydrogen-bond donors (Lipinski definition) is 1. The van der Waals surface area contributed by atoms with Crippen LogP contribution in [-0.2, 0) is 13.8 Å². The highest BCUT2D eigenvalue weighted by Gasteiger charge is 2.07. The molecule has 0 rings (SSSR count). The van der Waals surface area contributed by atoms with Crippen LogP contribution in [0.5, 0.6) is 0 Å². The molecule has 0 fully saturated rings. The van der Waals surface area contributed by atoms with E-state index in [1.807, 2.05) is 13.8 Å². The highest BCUT2D eigenvalue weighted by Crippen LogP contribution is 2.36. The smallest absolute Gasteiger partial charge is 0.207 e. The first-order chi connectivity index (χ1) is 5.85. The van der Waals surface area contributed by atoms with Gasteiger partial charge in [0.1, 0.15) is 0 Å². The van der Waals surface area contributed by atoms with Crippen LogP contribution in [0, 0.1) is 0 Å². The first kappa shape index (κ1) is 11.8. The van der Waals surface area contributed by atoms with Crippen LogP contribution in [0.15, 0.2) is 0 Å². The molecule has 72 valence electrons. The minimum absolute atomic E-state index is 0.620. The Bertz CT molecular complexity index is 107. The number of hydrogen-bond acceptors (Lipinski definition) is 3. The summed E-state index contributed by atoms with van der Waals surface area (Å²) in [6.07, 6.45) is 1.45. The van der Waals surface area contributed by atoms with Crippen molar-refractivity contribution in [3.63, 3.8) is 0 Å². The predicted molar refractivity (Wildman–Crippen MR) is 49.1 cm³/mol. The molecule has 0 atom stereocenters. The quantitative estimate of drug-likeness (QED) is 0.357. The monoisotopic (exact) mass is 193 g/mol. The highest BCUT2D eigenvalue weighted by atomic mass is 31.2. The average Bonchev–Trinajstić information content (AvgIpc) is 2.06. The summed E-state index contributed by atoms with van der Waals surface area (Å²) in [7, 11) is -0.794. The zero-order valence-electron chi connectivity index (χ0n) is 7.58. The van der Waals surface area contributed by atoms with Gasteiger partial charge in [-0.25, -0.2) is 0 Å². The van der Waals surface area contributed by atoms with Crippen LogP contribution in [0.3, 0.4) is 0 Å². The number of nitrogens with one attached hydrogen (secondary N) is 1. The maximum absolute atomic E-state index is 9.92. The van der Waals surface area contributed by atoms with Gasteiger partial charge in [-0.1, -0.05) is 0 Å². The fraction of sp³-hybridized carbons (Fsp3) is 0.857. The molecule has 0 saturated heterocycles. The molecule has 0 unspecified atom stereocenters. The lowest BCUT2D eigenvalue weighted by molar-refractivity contribution is -0.109. The van der Waals surface area contributed by atoms with Crippen molar-refractivity contribution in [1.29, 1.82) is 0 Å². The topological polar surface area (TPSA) is 47.6 Å². The van der Waals surface area contributed by atoms with Gasteiger partial charge in [-0.3, -0.25) is 4.79 Å². The van der Waals surface area contributed by atoms with Crippen molar-refractivity contribution in [2.24, 2.45) is 0 Å². The summed E-state index contributed by atoms with van der Waals surface area (Å²) in [4.78, 5) is 9.92. The Labute approximate surface area is 74.5 Å². The summed E-state index contributed by atoms with van der Waals surface area (Å²) in [5.74, 6) is 0. The molecule has 0 heterocycles. The van der Waals surface area contributed by atoms with E-state index in [1.165, 1.54) is 0 Å². The zero-order valence-corrected chi connectivity index (χ0v) is 8.47. The Morgan fingerprint density at radius 1 is 1.33 bits per heavy atom. The molecule has 0 aromatic heterocycles. The standard InChI is InChI=1S/C7H16NO3P/c1-3-10-12(11-4-2)6-5-8-7-9/h7H,3-6H2,1-2H3,(H,8,9). The molecule has 0 radical (unpaired) electrons. The molecule has 1 amide bonds. The Morgan fingerprint density at radius 2 is 1.92 bits per heavy atom. The van der Waals surface area contributed by atoms with Gasteiger partial charge in [0.2, 0.25) is 6.41 Å². The van der Waals surface area contributed by atoms with Crippen molar-refractivity contribution in [2.45, 2.75) is 13.8 Å². The van der Waals surface area contributed by atoms with Crippen molar-refractivity contribution in [3.05, 3.63) is 0 Å². The predicted octanol–water partition coefficient (Wildman–Crippen LogP) is 1.12. The molecule has 4 nitrogen and oxygen atoms in total. The van der Waals surface area contributed by atoms with E-state index in [0.29, 0.717) is 26.2 Å². The van der Waals surface area contributed by atoms with Crippen molar-refractivity contribution >= 4 is 14.8 Å². The van der Waals surface area contributed by atoms with Crippen molar-refractivity contribution in [2.75, 3.05) is 25.9 Å². The van der Waals surface area contributed by atoms with Crippen LogP contribution in [0.25, 0.3) is 0 Å². The van der Waals surface area contributed by atoms with E-state index in [9.17, 15) is 4.79 Å². The largest absolute Gasteiger partial charge is 0.358 e. The van der Waals surface area contributed by atoms with Gasteiger partial charge < -0.3 is 14.4 Å². The van der Waals surface area contributed by atoms with Gasteiger partial charge in [-0.05, 0) is 13.8 Å². The highest BCUT2D eigenvalue weighted by molar-refractivity contribution is 7.47. The van der Waals surface area contributed by atoms with Crippen molar-refractivity contribution in [3.8, 4) is 0 Å². The summed E-state index contributed by atoms with van der Waals surface area (Å²) < 4.78 is 10.6.